The number of oxime groups is 1. The van der Waals surface area contributed by atoms with Crippen LogP contribution in [0.25, 0.3) is 10.4 Å². The van der Waals surface area contributed by atoms with Gasteiger partial charge in [-0.2, -0.15) is 0 Å². The lowest BCUT2D eigenvalue weighted by molar-refractivity contribution is 0.213. The summed E-state index contributed by atoms with van der Waals surface area (Å²) < 4.78 is 0. The zero-order valence-corrected chi connectivity index (χ0v) is 8.08. The minimum absolute atomic E-state index is 0.589. The van der Waals surface area contributed by atoms with Gasteiger partial charge in [-0.15, -0.1) is 11.3 Å². The number of hydrogen-bond donors (Lipinski definition) is 0. The van der Waals surface area contributed by atoms with E-state index in [0.29, 0.717) is 11.4 Å². The van der Waals surface area contributed by atoms with Crippen LogP contribution >= 0.6 is 11.3 Å². The molecule has 0 aromatic carbocycles. The molecular weight excluding hydrogens is 188 g/mol. The Bertz CT molecular complexity index is 364. The van der Waals surface area contributed by atoms with E-state index in [2.05, 4.69) is 20.0 Å². The van der Waals surface area contributed by atoms with Crippen LogP contribution in [-0.4, -0.2) is 12.8 Å². The largest absolute Gasteiger partial charge is 0.399 e. The number of nitrogens with zero attached hydrogens (tertiary/aromatic N) is 4. The molecule has 0 atom stereocenters. The molecule has 0 aliphatic rings. The second kappa shape index (κ2) is 4.49. The highest BCUT2D eigenvalue weighted by molar-refractivity contribution is 7.12. The molecule has 0 bridgehead atoms. The van der Waals surface area contributed by atoms with E-state index in [1.54, 1.807) is 13.0 Å². The molecule has 1 rings (SSSR count). The first-order chi connectivity index (χ1) is 6.29. The van der Waals surface area contributed by atoms with Crippen molar-refractivity contribution in [2.75, 3.05) is 7.11 Å². The van der Waals surface area contributed by atoms with Gasteiger partial charge in [-0.05, 0) is 23.9 Å². The smallest absolute Gasteiger partial charge is 0.106 e. The third-order valence-electron chi connectivity index (χ3n) is 1.35. The Kier molecular flexibility index (Phi) is 3.31. The van der Waals surface area contributed by atoms with Crippen LogP contribution in [0.15, 0.2) is 21.7 Å². The molecule has 0 N–H and O–H groups in total. The molecule has 13 heavy (non-hydrogen) atoms. The van der Waals surface area contributed by atoms with Crippen molar-refractivity contribution in [3.63, 3.8) is 0 Å². The van der Waals surface area contributed by atoms with Crippen LogP contribution in [0.4, 0.5) is 5.69 Å². The first kappa shape index (κ1) is 9.57. The van der Waals surface area contributed by atoms with Crippen LogP contribution in [0.1, 0.15) is 11.8 Å². The quantitative estimate of drug-likeness (QED) is 0.241. The summed E-state index contributed by atoms with van der Waals surface area (Å²) in [7, 11) is 1.48. The zero-order valence-electron chi connectivity index (χ0n) is 7.26. The molecule has 0 fully saturated rings. The Hall–Kier alpha value is -1.52. The van der Waals surface area contributed by atoms with Gasteiger partial charge in [0, 0.05) is 4.91 Å². The van der Waals surface area contributed by atoms with Crippen LogP contribution in [-0.2, 0) is 4.84 Å². The fourth-order valence-electron chi connectivity index (χ4n) is 0.879. The Labute approximate surface area is 79.3 Å². The van der Waals surface area contributed by atoms with Crippen LogP contribution < -0.4 is 0 Å². The summed E-state index contributed by atoms with van der Waals surface area (Å²) in [6, 6.07) is 1.74. The molecule has 1 heterocycles. The van der Waals surface area contributed by atoms with Gasteiger partial charge in [-0.3, -0.25) is 0 Å². The van der Waals surface area contributed by atoms with E-state index in [1.165, 1.54) is 18.4 Å². The van der Waals surface area contributed by atoms with Gasteiger partial charge in [-0.1, -0.05) is 10.3 Å². The summed E-state index contributed by atoms with van der Waals surface area (Å²) in [6.45, 7) is 1.80. The van der Waals surface area contributed by atoms with Crippen molar-refractivity contribution in [1.29, 1.82) is 0 Å². The average molecular weight is 196 g/mol. The summed E-state index contributed by atoms with van der Waals surface area (Å²) in [5.74, 6) is 0. The van der Waals surface area contributed by atoms with Crippen molar-refractivity contribution in [2.24, 2.45) is 10.3 Å². The van der Waals surface area contributed by atoms with Gasteiger partial charge < -0.3 is 4.84 Å². The normalized spacial score (nSPS) is 10.8. The van der Waals surface area contributed by atoms with Gasteiger partial charge in [0.1, 0.15) is 7.11 Å². The van der Waals surface area contributed by atoms with Gasteiger partial charge >= 0.3 is 0 Å². The van der Waals surface area contributed by atoms with Crippen molar-refractivity contribution in [1.82, 2.24) is 0 Å². The highest BCUT2D eigenvalue weighted by Gasteiger charge is 2.05. The Morgan fingerprint density at radius 3 is 3.08 bits per heavy atom. The molecule has 0 saturated heterocycles. The molecule has 0 amide bonds. The van der Waals surface area contributed by atoms with Crippen molar-refractivity contribution in [2.45, 2.75) is 6.92 Å². The third-order valence-corrected chi connectivity index (χ3v) is 2.37. The molecule has 6 heteroatoms. The Balaban J connectivity index is 3.06. The van der Waals surface area contributed by atoms with Crippen LogP contribution in [0.2, 0.25) is 0 Å². The number of thiophene rings is 1. The van der Waals surface area contributed by atoms with Gasteiger partial charge in [0.05, 0.1) is 16.3 Å². The monoisotopic (exact) mass is 196 g/mol. The first-order valence-corrected chi connectivity index (χ1v) is 4.38. The maximum atomic E-state index is 8.27. The third kappa shape index (κ3) is 2.21. The predicted molar refractivity (Wildman–Crippen MR) is 52.3 cm³/mol. The molecule has 1 aromatic heterocycles. The second-order valence-electron chi connectivity index (χ2n) is 2.18. The maximum absolute atomic E-state index is 8.27. The molecular formula is C7H8N4OS. The van der Waals surface area contributed by atoms with Crippen molar-refractivity contribution < 1.29 is 4.84 Å². The maximum Gasteiger partial charge on any atom is 0.106 e. The Morgan fingerprint density at radius 1 is 1.69 bits per heavy atom. The highest BCUT2D eigenvalue weighted by atomic mass is 32.1. The van der Waals surface area contributed by atoms with Crippen molar-refractivity contribution in [3.05, 3.63) is 26.8 Å². The number of rotatable bonds is 3. The molecule has 0 spiro atoms. The van der Waals surface area contributed by atoms with Crippen LogP contribution in [0, 0.1) is 0 Å². The zero-order chi connectivity index (χ0) is 9.68. The lowest BCUT2D eigenvalue weighted by atomic mass is 10.3. The SMILES string of the molecule is CO/N=C(/C)c1sccc1N=[N+]=[N-]. The summed E-state index contributed by atoms with van der Waals surface area (Å²) in [6.07, 6.45) is 0. The molecule has 0 unspecified atom stereocenters. The minimum atomic E-state index is 0.589. The lowest BCUT2D eigenvalue weighted by Crippen LogP contribution is -1.91. The molecule has 5 nitrogen and oxygen atoms in total. The topological polar surface area (TPSA) is 70.4 Å². The standard InChI is InChI=1S/C7H8N4OS/c1-5(10-12-2)7-6(9-11-8)3-4-13-7/h3-4H,1-2H3/b10-5-. The van der Waals surface area contributed by atoms with E-state index in [1.807, 2.05) is 5.38 Å². The van der Waals surface area contributed by atoms with Gasteiger partial charge in [-0.25, -0.2) is 0 Å². The van der Waals surface area contributed by atoms with Gasteiger partial charge in [0.2, 0.25) is 0 Å². The highest BCUT2D eigenvalue weighted by Crippen LogP contribution is 2.26. The summed E-state index contributed by atoms with van der Waals surface area (Å²) in [4.78, 5) is 8.17. The van der Waals surface area contributed by atoms with E-state index in [9.17, 15) is 0 Å². The van der Waals surface area contributed by atoms with Crippen molar-refractivity contribution in [3.8, 4) is 0 Å². The van der Waals surface area contributed by atoms with Crippen LogP contribution in [0.3, 0.4) is 0 Å². The fraction of sp³-hybridized carbons (Fsp3) is 0.286. The summed E-state index contributed by atoms with van der Waals surface area (Å²) in [5, 5.41) is 9.12. The molecule has 0 radical (unpaired) electrons. The van der Waals surface area contributed by atoms with Gasteiger partial charge in [0.25, 0.3) is 0 Å². The number of azide groups is 1. The minimum Gasteiger partial charge on any atom is -0.399 e. The number of hydrogen-bond acceptors (Lipinski definition) is 4. The Morgan fingerprint density at radius 2 is 2.46 bits per heavy atom. The summed E-state index contributed by atoms with van der Waals surface area (Å²) >= 11 is 1.46. The molecule has 68 valence electrons. The van der Waals surface area contributed by atoms with E-state index in [4.69, 9.17) is 5.53 Å². The molecule has 1 aromatic rings. The van der Waals surface area contributed by atoms with Crippen LogP contribution in [0.5, 0.6) is 0 Å². The summed E-state index contributed by atoms with van der Waals surface area (Å²) in [5.41, 5.74) is 9.56. The van der Waals surface area contributed by atoms with Crippen molar-refractivity contribution >= 4 is 22.7 Å². The molecule has 0 aliphatic heterocycles. The van der Waals surface area contributed by atoms with Gasteiger partial charge in [0.15, 0.2) is 0 Å². The second-order valence-corrected chi connectivity index (χ2v) is 3.10. The van der Waals surface area contributed by atoms with E-state index >= 15 is 0 Å². The fourth-order valence-corrected chi connectivity index (χ4v) is 1.65. The molecule has 0 saturated carbocycles. The predicted octanol–water partition coefficient (Wildman–Crippen LogP) is 3.06. The average Bonchev–Trinajstić information content (AvgIpc) is 2.54. The van der Waals surface area contributed by atoms with E-state index in [0.717, 1.165) is 4.88 Å². The lowest BCUT2D eigenvalue weighted by Gasteiger charge is -1.95. The molecule has 0 aliphatic carbocycles. The first-order valence-electron chi connectivity index (χ1n) is 3.50. The van der Waals surface area contributed by atoms with E-state index < -0.39 is 0 Å². The van der Waals surface area contributed by atoms with E-state index in [-0.39, 0.29) is 0 Å².